The van der Waals surface area contributed by atoms with Gasteiger partial charge in [0.2, 0.25) is 5.78 Å². The highest BCUT2D eigenvalue weighted by Gasteiger charge is 2.16. The van der Waals surface area contributed by atoms with E-state index in [1.165, 1.54) is 18.2 Å². The summed E-state index contributed by atoms with van der Waals surface area (Å²) in [6.07, 6.45) is 0.821. The van der Waals surface area contributed by atoms with Crippen molar-refractivity contribution in [3.8, 4) is 0 Å². The lowest BCUT2D eigenvalue weighted by molar-refractivity contribution is -0.117. The van der Waals surface area contributed by atoms with E-state index in [-0.39, 0.29) is 11.4 Å². The van der Waals surface area contributed by atoms with Gasteiger partial charge in [0.25, 0.3) is 5.91 Å². The fourth-order valence-electron chi connectivity index (χ4n) is 1.47. The Morgan fingerprint density at radius 1 is 1.33 bits per heavy atom. The number of amides is 1. The Morgan fingerprint density at radius 2 is 2.00 bits per heavy atom. The molecule has 0 radical (unpaired) electrons. The summed E-state index contributed by atoms with van der Waals surface area (Å²) in [6.45, 7) is 6.11. The summed E-state index contributed by atoms with van der Waals surface area (Å²) >= 11 is 0. The highest BCUT2D eigenvalue weighted by atomic mass is 19.1. The van der Waals surface area contributed by atoms with Gasteiger partial charge in [0.15, 0.2) is 0 Å². The van der Waals surface area contributed by atoms with Gasteiger partial charge in [-0.1, -0.05) is 13.8 Å². The number of aryl methyl sites for hydroxylation is 1. The molecule has 0 atom stereocenters. The molecular weight excluding hydrogens is 233 g/mol. The number of nitrogens with one attached hydrogen (secondary N) is 1. The first kappa shape index (κ1) is 14.4. The molecule has 0 aliphatic carbocycles. The summed E-state index contributed by atoms with van der Waals surface area (Å²) in [5.41, 5.74) is 0.576. The van der Waals surface area contributed by atoms with Crippen LogP contribution in [0.3, 0.4) is 0 Å². The fraction of sp³-hybridized carbons (Fsp3) is 0.429. The molecule has 18 heavy (non-hydrogen) atoms. The van der Waals surface area contributed by atoms with Gasteiger partial charge in [-0.25, -0.2) is 4.39 Å². The van der Waals surface area contributed by atoms with Crippen molar-refractivity contribution < 1.29 is 14.0 Å². The zero-order chi connectivity index (χ0) is 13.7. The second-order valence-corrected chi connectivity index (χ2v) is 4.73. The van der Waals surface area contributed by atoms with E-state index in [1.54, 1.807) is 6.92 Å². The minimum atomic E-state index is -0.637. The van der Waals surface area contributed by atoms with Crippen LogP contribution in [0.15, 0.2) is 18.2 Å². The van der Waals surface area contributed by atoms with Crippen LogP contribution >= 0.6 is 0 Å². The summed E-state index contributed by atoms with van der Waals surface area (Å²) in [4.78, 5) is 23.3. The summed E-state index contributed by atoms with van der Waals surface area (Å²) in [6, 6.07) is 3.91. The topological polar surface area (TPSA) is 46.2 Å². The van der Waals surface area contributed by atoms with Gasteiger partial charge in [-0.2, -0.15) is 0 Å². The molecule has 1 aromatic carbocycles. The molecule has 0 spiro atoms. The molecule has 0 aromatic heterocycles. The van der Waals surface area contributed by atoms with E-state index in [2.05, 4.69) is 5.32 Å². The Labute approximate surface area is 106 Å². The molecule has 98 valence electrons. The third kappa shape index (κ3) is 3.95. The van der Waals surface area contributed by atoms with Crippen LogP contribution < -0.4 is 5.32 Å². The molecule has 1 N–H and O–H groups in total. The largest absolute Gasteiger partial charge is 0.349 e. The van der Waals surface area contributed by atoms with E-state index in [0.717, 1.165) is 6.42 Å². The third-order valence-corrected chi connectivity index (χ3v) is 2.63. The Balaban J connectivity index is 2.63. The molecule has 0 saturated heterocycles. The number of Topliss-reactive ketones (excluding diaryl/α,β-unsaturated/α-hetero) is 1. The Kier molecular flexibility index (Phi) is 5.01. The lowest BCUT2D eigenvalue weighted by Crippen LogP contribution is -2.32. The molecule has 0 unspecified atom stereocenters. The monoisotopic (exact) mass is 251 g/mol. The first-order chi connectivity index (χ1) is 8.41. The summed E-state index contributed by atoms with van der Waals surface area (Å²) < 4.78 is 13.0. The molecule has 0 bridgehead atoms. The van der Waals surface area contributed by atoms with Crippen LogP contribution in [0.1, 0.15) is 36.2 Å². The van der Waals surface area contributed by atoms with Gasteiger partial charge in [-0.05, 0) is 43.0 Å². The Morgan fingerprint density at radius 3 is 2.56 bits per heavy atom. The SMILES string of the molecule is Cc1cc(C(=O)C(=O)NCCC(C)C)ccc1F. The predicted octanol–water partition coefficient (Wildman–Crippen LogP) is 2.48. The van der Waals surface area contributed by atoms with Crippen LogP contribution in [0.25, 0.3) is 0 Å². The molecule has 0 fully saturated rings. The van der Waals surface area contributed by atoms with Gasteiger partial charge in [-0.3, -0.25) is 9.59 Å². The van der Waals surface area contributed by atoms with Crippen molar-refractivity contribution in [3.05, 3.63) is 35.1 Å². The molecule has 1 amide bonds. The normalized spacial score (nSPS) is 10.5. The molecule has 0 heterocycles. The van der Waals surface area contributed by atoms with Crippen LogP contribution in [-0.2, 0) is 4.79 Å². The van der Waals surface area contributed by atoms with E-state index in [0.29, 0.717) is 18.0 Å². The second kappa shape index (κ2) is 6.28. The van der Waals surface area contributed by atoms with Crippen molar-refractivity contribution >= 4 is 11.7 Å². The summed E-state index contributed by atoms with van der Waals surface area (Å²) in [7, 11) is 0. The zero-order valence-electron chi connectivity index (χ0n) is 10.9. The van der Waals surface area contributed by atoms with Crippen molar-refractivity contribution in [3.63, 3.8) is 0 Å². The van der Waals surface area contributed by atoms with E-state index >= 15 is 0 Å². The fourth-order valence-corrected chi connectivity index (χ4v) is 1.47. The molecule has 0 aliphatic rings. The van der Waals surface area contributed by atoms with Crippen LogP contribution in [-0.4, -0.2) is 18.2 Å². The van der Waals surface area contributed by atoms with Gasteiger partial charge in [0.1, 0.15) is 5.82 Å². The van der Waals surface area contributed by atoms with Crippen molar-refractivity contribution in [2.24, 2.45) is 5.92 Å². The lowest BCUT2D eigenvalue weighted by Gasteiger charge is -2.07. The van der Waals surface area contributed by atoms with Crippen molar-refractivity contribution in [2.75, 3.05) is 6.54 Å². The Bertz CT molecular complexity index is 455. The average Bonchev–Trinajstić information content (AvgIpc) is 2.31. The van der Waals surface area contributed by atoms with E-state index in [9.17, 15) is 14.0 Å². The minimum absolute atomic E-state index is 0.218. The number of halogens is 1. The Hall–Kier alpha value is -1.71. The van der Waals surface area contributed by atoms with E-state index in [4.69, 9.17) is 0 Å². The van der Waals surface area contributed by atoms with Crippen LogP contribution in [0, 0.1) is 18.7 Å². The van der Waals surface area contributed by atoms with Crippen molar-refractivity contribution in [1.29, 1.82) is 0 Å². The van der Waals surface area contributed by atoms with Gasteiger partial charge in [-0.15, -0.1) is 0 Å². The first-order valence-electron chi connectivity index (χ1n) is 6.00. The van der Waals surface area contributed by atoms with Crippen LogP contribution in [0.2, 0.25) is 0 Å². The summed E-state index contributed by atoms with van der Waals surface area (Å²) in [5, 5.41) is 2.56. The number of hydrogen-bond donors (Lipinski definition) is 1. The van der Waals surface area contributed by atoms with Crippen molar-refractivity contribution in [2.45, 2.75) is 27.2 Å². The number of carbonyl (C=O) groups is 2. The molecular formula is C14H18FNO2. The first-order valence-corrected chi connectivity index (χ1v) is 6.00. The standard InChI is InChI=1S/C14H18FNO2/c1-9(2)6-7-16-14(18)13(17)11-4-5-12(15)10(3)8-11/h4-5,8-9H,6-7H2,1-3H3,(H,16,18). The summed E-state index contributed by atoms with van der Waals surface area (Å²) in [5.74, 6) is -1.18. The molecule has 3 nitrogen and oxygen atoms in total. The average molecular weight is 251 g/mol. The maximum atomic E-state index is 13.0. The lowest BCUT2D eigenvalue weighted by atomic mass is 10.1. The smallest absolute Gasteiger partial charge is 0.292 e. The van der Waals surface area contributed by atoms with Gasteiger partial charge >= 0.3 is 0 Å². The molecule has 4 heteroatoms. The predicted molar refractivity (Wildman–Crippen MR) is 67.9 cm³/mol. The van der Waals surface area contributed by atoms with Crippen LogP contribution in [0.4, 0.5) is 4.39 Å². The van der Waals surface area contributed by atoms with Gasteiger partial charge < -0.3 is 5.32 Å². The van der Waals surface area contributed by atoms with E-state index in [1.807, 2.05) is 13.8 Å². The third-order valence-electron chi connectivity index (χ3n) is 2.63. The molecule has 1 aromatic rings. The second-order valence-electron chi connectivity index (χ2n) is 4.73. The zero-order valence-corrected chi connectivity index (χ0v) is 10.9. The number of rotatable bonds is 5. The number of benzene rings is 1. The highest BCUT2D eigenvalue weighted by Crippen LogP contribution is 2.10. The quantitative estimate of drug-likeness (QED) is 0.645. The van der Waals surface area contributed by atoms with Crippen molar-refractivity contribution in [1.82, 2.24) is 5.32 Å². The number of carbonyl (C=O) groups excluding carboxylic acids is 2. The van der Waals surface area contributed by atoms with Gasteiger partial charge in [0, 0.05) is 12.1 Å². The molecule has 0 saturated carbocycles. The number of hydrogen-bond acceptors (Lipinski definition) is 2. The van der Waals surface area contributed by atoms with E-state index < -0.39 is 11.7 Å². The molecule has 0 aliphatic heterocycles. The van der Waals surface area contributed by atoms with Gasteiger partial charge in [0.05, 0.1) is 0 Å². The highest BCUT2D eigenvalue weighted by molar-refractivity contribution is 6.42. The molecule has 1 rings (SSSR count). The maximum absolute atomic E-state index is 13.0. The minimum Gasteiger partial charge on any atom is -0.349 e. The van der Waals surface area contributed by atoms with Crippen LogP contribution in [0.5, 0.6) is 0 Å². The number of ketones is 1. The maximum Gasteiger partial charge on any atom is 0.292 e.